The quantitative estimate of drug-likeness (QED) is 0.778. The Balaban J connectivity index is 2.47. The summed E-state index contributed by atoms with van der Waals surface area (Å²) >= 11 is 0. The summed E-state index contributed by atoms with van der Waals surface area (Å²) in [4.78, 5) is 0. The van der Waals surface area contributed by atoms with Crippen molar-refractivity contribution < 1.29 is 4.74 Å². The van der Waals surface area contributed by atoms with Crippen LogP contribution in [0.5, 0.6) is 5.75 Å². The van der Waals surface area contributed by atoms with Gasteiger partial charge in [-0.3, -0.25) is 0 Å². The Morgan fingerprint density at radius 3 is 2.07 bits per heavy atom. The van der Waals surface area contributed by atoms with Gasteiger partial charge in [0.25, 0.3) is 0 Å². The number of rotatable bonds is 2. The Hall–Kier alpha value is -1.02. The van der Waals surface area contributed by atoms with Crippen molar-refractivity contribution in [1.82, 2.24) is 0 Å². The molecule has 2 nitrogen and oxygen atoms in total. The number of nitrogens with two attached hydrogens (primary N) is 1. The predicted octanol–water partition coefficient (Wildman–Crippen LogP) is 2.26. The molecule has 0 bridgehead atoms. The summed E-state index contributed by atoms with van der Waals surface area (Å²) in [5.74, 6) is 0.984. The number of ether oxygens (including phenoxy) is 1. The van der Waals surface area contributed by atoms with E-state index in [0.29, 0.717) is 0 Å². The molecule has 1 aromatic carbocycles. The lowest BCUT2D eigenvalue weighted by atomic mass is 9.99. The molecule has 0 heterocycles. The maximum Gasteiger partial charge on any atom is 0.124 e. The van der Waals surface area contributed by atoms with Crippen LogP contribution in [0.3, 0.4) is 0 Å². The molecule has 14 heavy (non-hydrogen) atoms. The maximum atomic E-state index is 6.16. The van der Waals surface area contributed by atoms with Gasteiger partial charge in [-0.15, -0.1) is 0 Å². The predicted molar refractivity (Wildman–Crippen MR) is 57.6 cm³/mol. The smallest absolute Gasteiger partial charge is 0.124 e. The Morgan fingerprint density at radius 1 is 1.21 bits per heavy atom. The normalized spacial score (nSPS) is 18.0. The topological polar surface area (TPSA) is 35.2 Å². The van der Waals surface area contributed by atoms with Crippen LogP contribution in [0.15, 0.2) is 12.1 Å². The Morgan fingerprint density at radius 2 is 1.71 bits per heavy atom. The number of hydrogen-bond acceptors (Lipinski definition) is 2. The minimum atomic E-state index is -0.0399. The molecular formula is C12H17NO. The van der Waals surface area contributed by atoms with E-state index in [1.165, 1.54) is 16.7 Å². The zero-order valence-electron chi connectivity index (χ0n) is 9.05. The van der Waals surface area contributed by atoms with E-state index in [1.54, 1.807) is 7.11 Å². The molecule has 0 saturated heterocycles. The average molecular weight is 191 g/mol. The van der Waals surface area contributed by atoms with Crippen LogP contribution in [0.25, 0.3) is 0 Å². The molecule has 0 aromatic heterocycles. The first-order valence-corrected chi connectivity index (χ1v) is 5.01. The summed E-state index contributed by atoms with van der Waals surface area (Å²) in [6, 6.07) is 4.30. The lowest BCUT2D eigenvalue weighted by Crippen LogP contribution is -2.19. The van der Waals surface area contributed by atoms with Crippen LogP contribution in [-0.4, -0.2) is 7.11 Å². The van der Waals surface area contributed by atoms with Crippen LogP contribution in [0.2, 0.25) is 0 Å². The van der Waals surface area contributed by atoms with Gasteiger partial charge in [0, 0.05) is 5.54 Å². The largest absolute Gasteiger partial charge is 0.496 e. The molecule has 1 saturated carbocycles. The van der Waals surface area contributed by atoms with Crippen molar-refractivity contribution in [2.24, 2.45) is 5.73 Å². The average Bonchev–Trinajstić information content (AvgIpc) is 2.84. The van der Waals surface area contributed by atoms with Crippen LogP contribution in [-0.2, 0) is 5.54 Å². The van der Waals surface area contributed by atoms with Gasteiger partial charge in [-0.1, -0.05) is 12.1 Å². The highest BCUT2D eigenvalue weighted by atomic mass is 16.5. The van der Waals surface area contributed by atoms with Crippen molar-refractivity contribution >= 4 is 0 Å². The molecule has 0 aliphatic heterocycles. The van der Waals surface area contributed by atoms with Crippen LogP contribution in [0, 0.1) is 13.8 Å². The third-order valence-corrected chi connectivity index (χ3v) is 3.03. The molecule has 2 rings (SSSR count). The van der Waals surface area contributed by atoms with Gasteiger partial charge in [0.1, 0.15) is 5.75 Å². The second-order valence-corrected chi connectivity index (χ2v) is 4.30. The zero-order chi connectivity index (χ0) is 10.3. The molecule has 1 aromatic rings. The molecule has 0 atom stereocenters. The summed E-state index contributed by atoms with van der Waals surface area (Å²) in [7, 11) is 1.71. The molecule has 0 unspecified atom stereocenters. The summed E-state index contributed by atoms with van der Waals surface area (Å²) in [5.41, 5.74) is 9.73. The van der Waals surface area contributed by atoms with Gasteiger partial charge in [0.15, 0.2) is 0 Å². The Labute approximate surface area is 85.1 Å². The first kappa shape index (κ1) is 9.53. The van der Waals surface area contributed by atoms with Gasteiger partial charge in [-0.2, -0.15) is 0 Å². The highest BCUT2D eigenvalue weighted by Crippen LogP contribution is 2.44. The standard InChI is InChI=1S/C12H17NO/c1-8-6-10(12(13)4-5-12)7-9(2)11(8)14-3/h6-7H,4-5,13H2,1-3H3. The third kappa shape index (κ3) is 1.40. The van der Waals surface area contributed by atoms with Crippen molar-refractivity contribution in [3.63, 3.8) is 0 Å². The lowest BCUT2D eigenvalue weighted by Gasteiger charge is -2.15. The second-order valence-electron chi connectivity index (χ2n) is 4.30. The Kier molecular flexibility index (Phi) is 2.04. The number of aryl methyl sites for hydroxylation is 2. The van der Waals surface area contributed by atoms with Gasteiger partial charge in [-0.25, -0.2) is 0 Å². The Bertz CT molecular complexity index is 344. The SMILES string of the molecule is COc1c(C)cc(C2(N)CC2)cc1C. The monoisotopic (exact) mass is 191 g/mol. The third-order valence-electron chi connectivity index (χ3n) is 3.03. The van der Waals surface area contributed by atoms with Crippen LogP contribution in [0.1, 0.15) is 29.5 Å². The zero-order valence-corrected chi connectivity index (χ0v) is 9.05. The molecule has 1 aliphatic rings. The first-order valence-electron chi connectivity index (χ1n) is 5.01. The van der Waals surface area contributed by atoms with Crippen LogP contribution >= 0.6 is 0 Å². The van der Waals surface area contributed by atoms with E-state index in [2.05, 4.69) is 26.0 Å². The van der Waals surface area contributed by atoms with Gasteiger partial charge < -0.3 is 10.5 Å². The second kappa shape index (κ2) is 2.99. The van der Waals surface area contributed by atoms with E-state index >= 15 is 0 Å². The summed E-state index contributed by atoms with van der Waals surface area (Å²) < 4.78 is 5.32. The molecule has 76 valence electrons. The van der Waals surface area contributed by atoms with E-state index in [1.807, 2.05) is 0 Å². The van der Waals surface area contributed by atoms with Gasteiger partial charge >= 0.3 is 0 Å². The van der Waals surface area contributed by atoms with E-state index in [9.17, 15) is 0 Å². The lowest BCUT2D eigenvalue weighted by molar-refractivity contribution is 0.408. The number of benzene rings is 1. The fourth-order valence-corrected chi connectivity index (χ4v) is 1.98. The minimum Gasteiger partial charge on any atom is -0.496 e. The molecule has 0 spiro atoms. The molecule has 2 N–H and O–H groups in total. The minimum absolute atomic E-state index is 0.0399. The van der Waals surface area contributed by atoms with Crippen molar-refractivity contribution in [1.29, 1.82) is 0 Å². The molecule has 2 heteroatoms. The number of methoxy groups -OCH3 is 1. The highest BCUT2D eigenvalue weighted by Gasteiger charge is 2.40. The summed E-state index contributed by atoms with van der Waals surface area (Å²) in [5, 5.41) is 0. The van der Waals surface area contributed by atoms with E-state index in [0.717, 1.165) is 18.6 Å². The molecule has 0 radical (unpaired) electrons. The van der Waals surface area contributed by atoms with E-state index < -0.39 is 0 Å². The van der Waals surface area contributed by atoms with Gasteiger partial charge in [-0.05, 0) is 43.4 Å². The van der Waals surface area contributed by atoms with Crippen molar-refractivity contribution in [3.8, 4) is 5.75 Å². The fourth-order valence-electron chi connectivity index (χ4n) is 1.98. The highest BCUT2D eigenvalue weighted by molar-refractivity contribution is 5.46. The van der Waals surface area contributed by atoms with Crippen molar-refractivity contribution in [2.45, 2.75) is 32.2 Å². The maximum absolute atomic E-state index is 6.16. The fraction of sp³-hybridized carbons (Fsp3) is 0.500. The molecule has 1 aliphatic carbocycles. The van der Waals surface area contributed by atoms with E-state index in [-0.39, 0.29) is 5.54 Å². The number of hydrogen-bond donors (Lipinski definition) is 1. The molecule has 0 amide bonds. The van der Waals surface area contributed by atoms with Crippen LogP contribution < -0.4 is 10.5 Å². The van der Waals surface area contributed by atoms with Crippen LogP contribution in [0.4, 0.5) is 0 Å². The van der Waals surface area contributed by atoms with Crippen molar-refractivity contribution in [2.75, 3.05) is 7.11 Å². The van der Waals surface area contributed by atoms with Gasteiger partial charge in [0.2, 0.25) is 0 Å². The van der Waals surface area contributed by atoms with Gasteiger partial charge in [0.05, 0.1) is 7.11 Å². The summed E-state index contributed by atoms with van der Waals surface area (Å²) in [6.07, 6.45) is 2.22. The first-order chi connectivity index (χ1) is 6.57. The molecular weight excluding hydrogens is 174 g/mol. The molecule has 1 fully saturated rings. The van der Waals surface area contributed by atoms with E-state index in [4.69, 9.17) is 10.5 Å². The summed E-state index contributed by atoms with van der Waals surface area (Å²) in [6.45, 7) is 4.14. The van der Waals surface area contributed by atoms with Crippen molar-refractivity contribution in [3.05, 3.63) is 28.8 Å².